The van der Waals surface area contributed by atoms with E-state index >= 15 is 0 Å². The Labute approximate surface area is 72.4 Å². The molecule has 11 heavy (non-hydrogen) atoms. The van der Waals surface area contributed by atoms with Crippen molar-refractivity contribution < 1.29 is 0 Å². The van der Waals surface area contributed by atoms with E-state index in [0.717, 1.165) is 17.8 Å². The van der Waals surface area contributed by atoms with E-state index in [1.165, 1.54) is 19.3 Å². The van der Waals surface area contributed by atoms with E-state index in [4.69, 9.17) is 0 Å². The van der Waals surface area contributed by atoms with Crippen molar-refractivity contribution in [3.63, 3.8) is 0 Å². The van der Waals surface area contributed by atoms with Crippen molar-refractivity contribution in [1.29, 1.82) is 0 Å². The summed E-state index contributed by atoms with van der Waals surface area (Å²) in [6, 6.07) is 0. The first-order valence-electron chi connectivity index (χ1n) is 5.17. The molecule has 0 saturated heterocycles. The largest absolute Gasteiger partial charge is 0.0651 e. The van der Waals surface area contributed by atoms with Gasteiger partial charge in [0.15, 0.2) is 0 Å². The summed E-state index contributed by atoms with van der Waals surface area (Å²) in [7, 11) is 0. The van der Waals surface area contributed by atoms with Crippen LogP contribution in [0.4, 0.5) is 0 Å². The lowest BCUT2D eigenvalue weighted by atomic mass is 9.79. The highest BCUT2D eigenvalue weighted by molar-refractivity contribution is 4.68. The topological polar surface area (TPSA) is 0 Å². The van der Waals surface area contributed by atoms with E-state index in [0.29, 0.717) is 0 Å². The molecule has 0 fully saturated rings. The Hall–Kier alpha value is 0. The molecule has 68 valence electrons. The van der Waals surface area contributed by atoms with Gasteiger partial charge in [-0.1, -0.05) is 53.9 Å². The summed E-state index contributed by atoms with van der Waals surface area (Å²) < 4.78 is 0. The molecule has 0 aromatic heterocycles. The number of hydrogen-bond donors (Lipinski definition) is 0. The second kappa shape index (κ2) is 5.62. The molecule has 0 aliphatic heterocycles. The minimum absolute atomic E-state index is 0.912. The highest BCUT2D eigenvalue weighted by Gasteiger charge is 2.18. The van der Waals surface area contributed by atoms with E-state index in [-0.39, 0.29) is 0 Å². The van der Waals surface area contributed by atoms with Gasteiger partial charge >= 0.3 is 0 Å². The van der Waals surface area contributed by atoms with Gasteiger partial charge in [0.25, 0.3) is 0 Å². The van der Waals surface area contributed by atoms with E-state index in [2.05, 4.69) is 34.6 Å². The molecule has 0 aliphatic rings. The molecule has 0 nitrogen and oxygen atoms in total. The van der Waals surface area contributed by atoms with Gasteiger partial charge in [-0.15, -0.1) is 0 Å². The molecule has 0 aliphatic carbocycles. The first kappa shape index (κ1) is 11.0. The van der Waals surface area contributed by atoms with E-state index in [1.54, 1.807) is 0 Å². The predicted molar refractivity (Wildman–Crippen MR) is 52.7 cm³/mol. The van der Waals surface area contributed by atoms with Crippen LogP contribution in [0, 0.1) is 17.8 Å². The molecule has 2 unspecified atom stereocenters. The van der Waals surface area contributed by atoms with Crippen molar-refractivity contribution >= 4 is 0 Å². The highest BCUT2D eigenvalue weighted by atomic mass is 14.2. The van der Waals surface area contributed by atoms with E-state index in [1.807, 2.05) is 0 Å². The van der Waals surface area contributed by atoms with Crippen molar-refractivity contribution in [2.24, 2.45) is 17.8 Å². The first-order chi connectivity index (χ1) is 5.17. The van der Waals surface area contributed by atoms with Crippen molar-refractivity contribution in [3.05, 3.63) is 0 Å². The fourth-order valence-electron chi connectivity index (χ4n) is 1.97. The average Bonchev–Trinajstić information content (AvgIpc) is 2.05. The van der Waals surface area contributed by atoms with Crippen molar-refractivity contribution in [3.8, 4) is 0 Å². The van der Waals surface area contributed by atoms with Crippen LogP contribution in [0.2, 0.25) is 0 Å². The number of hydrogen-bond acceptors (Lipinski definition) is 0. The molecule has 0 heterocycles. The molecule has 0 heteroatoms. The quantitative estimate of drug-likeness (QED) is 0.562. The van der Waals surface area contributed by atoms with Gasteiger partial charge in [0.05, 0.1) is 0 Å². The predicted octanol–water partition coefficient (Wildman–Crippen LogP) is 4.10. The fourth-order valence-corrected chi connectivity index (χ4v) is 1.97. The van der Waals surface area contributed by atoms with Gasteiger partial charge in [-0.05, 0) is 17.8 Å². The average molecular weight is 156 g/mol. The molecule has 0 aromatic rings. The van der Waals surface area contributed by atoms with Crippen LogP contribution < -0.4 is 0 Å². The Morgan fingerprint density at radius 1 is 0.727 bits per heavy atom. The molecular weight excluding hydrogens is 132 g/mol. The molecule has 0 N–H and O–H groups in total. The SMILES string of the molecule is CCC(C)C(CC)C(C)CC. The summed E-state index contributed by atoms with van der Waals surface area (Å²) in [6.07, 6.45) is 4.02. The van der Waals surface area contributed by atoms with E-state index < -0.39 is 0 Å². The zero-order valence-corrected chi connectivity index (χ0v) is 8.85. The van der Waals surface area contributed by atoms with Crippen LogP contribution in [-0.4, -0.2) is 0 Å². The second-order valence-electron chi connectivity index (χ2n) is 3.84. The fraction of sp³-hybridized carbons (Fsp3) is 1.00. The van der Waals surface area contributed by atoms with Crippen LogP contribution in [0.25, 0.3) is 0 Å². The normalized spacial score (nSPS) is 19.4. The monoisotopic (exact) mass is 156 g/mol. The molecule has 0 spiro atoms. The van der Waals surface area contributed by atoms with Gasteiger partial charge in [-0.2, -0.15) is 0 Å². The van der Waals surface area contributed by atoms with Crippen LogP contribution in [-0.2, 0) is 0 Å². The summed E-state index contributed by atoms with van der Waals surface area (Å²) in [5.41, 5.74) is 0. The molecule has 0 bridgehead atoms. The Kier molecular flexibility index (Phi) is 5.62. The lowest BCUT2D eigenvalue weighted by Crippen LogP contribution is -2.17. The van der Waals surface area contributed by atoms with Gasteiger partial charge < -0.3 is 0 Å². The van der Waals surface area contributed by atoms with Gasteiger partial charge in [0.1, 0.15) is 0 Å². The molecule has 0 rings (SSSR count). The van der Waals surface area contributed by atoms with Crippen molar-refractivity contribution in [2.45, 2.75) is 53.9 Å². The molecule has 0 radical (unpaired) electrons. The zero-order chi connectivity index (χ0) is 8.85. The standard InChI is InChI=1S/C11H24/c1-6-9(4)11(8-3)10(5)7-2/h9-11H,6-8H2,1-5H3. The van der Waals surface area contributed by atoms with E-state index in [9.17, 15) is 0 Å². The third-order valence-corrected chi connectivity index (χ3v) is 3.22. The molecule has 2 atom stereocenters. The van der Waals surface area contributed by atoms with Crippen molar-refractivity contribution in [1.82, 2.24) is 0 Å². The second-order valence-corrected chi connectivity index (χ2v) is 3.84. The Morgan fingerprint density at radius 2 is 1.09 bits per heavy atom. The lowest BCUT2D eigenvalue weighted by Gasteiger charge is -2.27. The summed E-state index contributed by atoms with van der Waals surface area (Å²) in [6.45, 7) is 11.7. The Morgan fingerprint density at radius 3 is 1.27 bits per heavy atom. The van der Waals surface area contributed by atoms with Crippen LogP contribution in [0.15, 0.2) is 0 Å². The maximum absolute atomic E-state index is 2.39. The zero-order valence-electron chi connectivity index (χ0n) is 8.85. The smallest absolute Gasteiger partial charge is 0.0366 e. The summed E-state index contributed by atoms with van der Waals surface area (Å²) >= 11 is 0. The molecular formula is C11H24. The van der Waals surface area contributed by atoms with Crippen LogP contribution in [0.3, 0.4) is 0 Å². The maximum atomic E-state index is 2.39. The third kappa shape index (κ3) is 3.27. The summed E-state index contributed by atoms with van der Waals surface area (Å²) in [5, 5.41) is 0. The Bertz CT molecular complexity index is 76.0. The van der Waals surface area contributed by atoms with Gasteiger partial charge in [-0.3, -0.25) is 0 Å². The minimum atomic E-state index is 0.912. The van der Waals surface area contributed by atoms with Gasteiger partial charge in [0, 0.05) is 0 Å². The van der Waals surface area contributed by atoms with Crippen LogP contribution in [0.1, 0.15) is 53.9 Å². The van der Waals surface area contributed by atoms with Crippen molar-refractivity contribution in [2.75, 3.05) is 0 Å². The van der Waals surface area contributed by atoms with Gasteiger partial charge in [0.2, 0.25) is 0 Å². The van der Waals surface area contributed by atoms with Gasteiger partial charge in [-0.25, -0.2) is 0 Å². The third-order valence-electron chi connectivity index (χ3n) is 3.22. The molecule has 0 amide bonds. The summed E-state index contributed by atoms with van der Waals surface area (Å²) in [4.78, 5) is 0. The minimum Gasteiger partial charge on any atom is -0.0651 e. The highest BCUT2D eigenvalue weighted by Crippen LogP contribution is 2.28. The lowest BCUT2D eigenvalue weighted by molar-refractivity contribution is 0.236. The Balaban J connectivity index is 3.92. The molecule has 0 saturated carbocycles. The van der Waals surface area contributed by atoms with Crippen LogP contribution >= 0.6 is 0 Å². The first-order valence-corrected chi connectivity index (χ1v) is 5.17. The number of rotatable bonds is 5. The maximum Gasteiger partial charge on any atom is -0.0366 e. The molecule has 0 aromatic carbocycles. The van der Waals surface area contributed by atoms with Crippen LogP contribution in [0.5, 0.6) is 0 Å². The summed E-state index contributed by atoms with van der Waals surface area (Å²) in [5.74, 6) is 2.77.